The van der Waals surface area contributed by atoms with E-state index in [2.05, 4.69) is 28.5 Å². The fourth-order valence-electron chi connectivity index (χ4n) is 1.43. The lowest BCUT2D eigenvalue weighted by molar-refractivity contribution is 0.950. The zero-order chi connectivity index (χ0) is 7.52. The van der Waals surface area contributed by atoms with Crippen LogP contribution in [0.5, 0.6) is 0 Å². The summed E-state index contributed by atoms with van der Waals surface area (Å²) < 4.78 is 0.728. The van der Waals surface area contributed by atoms with Crippen LogP contribution in [0.4, 0.5) is 0 Å². The number of hydrogen-bond donors (Lipinski definition) is 0. The van der Waals surface area contributed by atoms with Crippen LogP contribution in [0.15, 0.2) is 4.99 Å². The summed E-state index contributed by atoms with van der Waals surface area (Å²) in [4.78, 5) is 4.53. The largest absolute Gasteiger partial charge is 0.292 e. The molecule has 0 amide bonds. The molecular weight excluding hydrogens is 174 g/mol. The molecule has 0 unspecified atom stereocenters. The summed E-state index contributed by atoms with van der Waals surface area (Å²) in [5.41, 5.74) is 1.49. The van der Waals surface area contributed by atoms with E-state index in [0.29, 0.717) is 0 Å². The molecule has 1 nitrogen and oxygen atoms in total. The molecule has 0 bridgehead atoms. The lowest BCUT2D eigenvalue weighted by atomic mass is 10.3. The van der Waals surface area contributed by atoms with Crippen molar-refractivity contribution in [2.24, 2.45) is 4.99 Å². The topological polar surface area (TPSA) is 12.4 Å². The highest BCUT2D eigenvalue weighted by molar-refractivity contribution is 8.18. The van der Waals surface area contributed by atoms with E-state index in [0.717, 1.165) is 11.1 Å². The minimum absolute atomic E-state index is 0.728. The molecule has 2 heterocycles. The van der Waals surface area contributed by atoms with E-state index in [9.17, 15) is 0 Å². The van der Waals surface area contributed by atoms with Crippen LogP contribution < -0.4 is 0 Å². The molecule has 0 spiro atoms. The second-order valence-electron chi connectivity index (χ2n) is 2.90. The van der Waals surface area contributed by atoms with Crippen molar-refractivity contribution in [2.45, 2.75) is 23.8 Å². The molecule has 2 rings (SSSR count). The van der Waals surface area contributed by atoms with Gasteiger partial charge < -0.3 is 0 Å². The van der Waals surface area contributed by atoms with E-state index in [1.54, 1.807) is 0 Å². The summed E-state index contributed by atoms with van der Waals surface area (Å²) in [6.45, 7) is 1.09. The van der Waals surface area contributed by atoms with Crippen LogP contribution in [-0.4, -0.2) is 28.3 Å². The number of thioether (sulfide) groups is 2. The molecule has 0 aliphatic carbocycles. The van der Waals surface area contributed by atoms with Gasteiger partial charge in [0, 0.05) is 12.3 Å². The van der Waals surface area contributed by atoms with Crippen LogP contribution in [-0.2, 0) is 0 Å². The fourth-order valence-corrected chi connectivity index (χ4v) is 4.40. The van der Waals surface area contributed by atoms with Gasteiger partial charge in [-0.2, -0.15) is 0 Å². The number of aliphatic imine (C=N–C) groups is 1. The summed E-state index contributed by atoms with van der Waals surface area (Å²) in [6.07, 6.45) is 3.96. The van der Waals surface area contributed by atoms with Gasteiger partial charge in [0.15, 0.2) is 0 Å². The first-order chi connectivity index (χ1) is 5.47. The summed E-state index contributed by atoms with van der Waals surface area (Å²) in [7, 11) is 0. The van der Waals surface area contributed by atoms with Gasteiger partial charge in [0.1, 0.15) is 0 Å². The molecule has 0 aromatic heterocycles. The first-order valence-electron chi connectivity index (χ1n) is 4.23. The predicted octanol–water partition coefficient (Wildman–Crippen LogP) is 2.42. The minimum atomic E-state index is 0.728. The molecule has 62 valence electrons. The second kappa shape index (κ2) is 3.85. The van der Waals surface area contributed by atoms with Crippen LogP contribution in [0, 0.1) is 0 Å². The van der Waals surface area contributed by atoms with E-state index in [-0.39, 0.29) is 0 Å². The second-order valence-corrected chi connectivity index (χ2v) is 5.63. The maximum atomic E-state index is 4.53. The molecular formula is C8H13NS2. The Hall–Kier alpha value is 0.370. The molecule has 2 aliphatic heterocycles. The highest BCUT2D eigenvalue weighted by Gasteiger charge is 2.21. The van der Waals surface area contributed by atoms with Crippen molar-refractivity contribution in [3.05, 3.63) is 0 Å². The first kappa shape index (κ1) is 7.99. The molecule has 11 heavy (non-hydrogen) atoms. The standard InChI is InChI=1S/C8H13NS2/c1-3-7(9-4-1)8-10-5-2-6-11-8/h8H,1-6H2. The highest BCUT2D eigenvalue weighted by atomic mass is 32.2. The van der Waals surface area contributed by atoms with Crippen LogP contribution in [0.3, 0.4) is 0 Å². The molecule has 0 N–H and O–H groups in total. The normalized spacial score (nSPS) is 27.1. The van der Waals surface area contributed by atoms with Crippen molar-refractivity contribution < 1.29 is 0 Å². The van der Waals surface area contributed by atoms with E-state index in [1.165, 1.54) is 36.5 Å². The van der Waals surface area contributed by atoms with Gasteiger partial charge in [0.2, 0.25) is 0 Å². The Bertz CT molecular complexity index is 161. The third-order valence-corrected chi connectivity index (χ3v) is 5.02. The van der Waals surface area contributed by atoms with Gasteiger partial charge in [-0.25, -0.2) is 0 Å². The average molecular weight is 187 g/mol. The summed E-state index contributed by atoms with van der Waals surface area (Å²) in [5.74, 6) is 2.69. The SMILES string of the molecule is C1CSC(C2=NCCC2)SC1. The Kier molecular flexibility index (Phi) is 2.80. The highest BCUT2D eigenvalue weighted by Crippen LogP contribution is 2.33. The third kappa shape index (κ3) is 1.94. The first-order valence-corrected chi connectivity index (χ1v) is 6.33. The van der Waals surface area contributed by atoms with Gasteiger partial charge in [-0.05, 0) is 30.8 Å². The average Bonchev–Trinajstić information content (AvgIpc) is 2.58. The van der Waals surface area contributed by atoms with Crippen LogP contribution >= 0.6 is 23.5 Å². The molecule has 0 radical (unpaired) electrons. The lowest BCUT2D eigenvalue weighted by Crippen LogP contribution is -2.16. The van der Waals surface area contributed by atoms with Gasteiger partial charge in [-0.1, -0.05) is 0 Å². The lowest BCUT2D eigenvalue weighted by Gasteiger charge is -2.20. The van der Waals surface area contributed by atoms with Gasteiger partial charge in [0.25, 0.3) is 0 Å². The van der Waals surface area contributed by atoms with Crippen molar-refractivity contribution in [2.75, 3.05) is 18.1 Å². The number of rotatable bonds is 1. The Morgan fingerprint density at radius 2 is 2.00 bits per heavy atom. The van der Waals surface area contributed by atoms with Gasteiger partial charge in [-0.3, -0.25) is 4.99 Å². The fraction of sp³-hybridized carbons (Fsp3) is 0.875. The smallest absolute Gasteiger partial charge is 0.0878 e. The Labute approximate surface area is 76.4 Å². The van der Waals surface area contributed by atoms with E-state index < -0.39 is 0 Å². The minimum Gasteiger partial charge on any atom is -0.292 e. The summed E-state index contributed by atoms with van der Waals surface area (Å²) in [5, 5.41) is 0. The molecule has 2 aliphatic rings. The molecule has 0 aromatic rings. The quantitative estimate of drug-likeness (QED) is 0.625. The summed E-state index contributed by atoms with van der Waals surface area (Å²) in [6, 6.07) is 0. The molecule has 3 heteroatoms. The number of nitrogens with zero attached hydrogens (tertiary/aromatic N) is 1. The van der Waals surface area contributed by atoms with E-state index in [1.807, 2.05) is 0 Å². The van der Waals surface area contributed by atoms with Crippen LogP contribution in [0.2, 0.25) is 0 Å². The van der Waals surface area contributed by atoms with E-state index in [4.69, 9.17) is 0 Å². The van der Waals surface area contributed by atoms with E-state index >= 15 is 0 Å². The molecule has 1 fully saturated rings. The van der Waals surface area contributed by atoms with Crippen molar-refractivity contribution in [1.82, 2.24) is 0 Å². The van der Waals surface area contributed by atoms with Gasteiger partial charge in [0.05, 0.1) is 4.58 Å². The van der Waals surface area contributed by atoms with Crippen molar-refractivity contribution in [1.29, 1.82) is 0 Å². The Balaban J connectivity index is 1.92. The molecule has 0 aromatic carbocycles. The Morgan fingerprint density at radius 1 is 1.18 bits per heavy atom. The van der Waals surface area contributed by atoms with Gasteiger partial charge >= 0.3 is 0 Å². The molecule has 0 saturated carbocycles. The molecule has 0 atom stereocenters. The van der Waals surface area contributed by atoms with Crippen LogP contribution in [0.25, 0.3) is 0 Å². The predicted molar refractivity (Wildman–Crippen MR) is 54.9 cm³/mol. The summed E-state index contributed by atoms with van der Waals surface area (Å²) >= 11 is 4.19. The maximum absolute atomic E-state index is 4.53. The zero-order valence-electron chi connectivity index (χ0n) is 6.58. The molecule has 1 saturated heterocycles. The Morgan fingerprint density at radius 3 is 2.64 bits per heavy atom. The van der Waals surface area contributed by atoms with Crippen molar-refractivity contribution in [3.63, 3.8) is 0 Å². The van der Waals surface area contributed by atoms with Crippen LogP contribution in [0.1, 0.15) is 19.3 Å². The van der Waals surface area contributed by atoms with Crippen molar-refractivity contribution in [3.8, 4) is 0 Å². The monoisotopic (exact) mass is 187 g/mol. The van der Waals surface area contributed by atoms with Crippen molar-refractivity contribution >= 4 is 29.2 Å². The van der Waals surface area contributed by atoms with Gasteiger partial charge in [-0.15, -0.1) is 23.5 Å². The number of hydrogen-bond acceptors (Lipinski definition) is 3. The third-order valence-electron chi connectivity index (χ3n) is 2.01. The zero-order valence-corrected chi connectivity index (χ0v) is 8.22. The maximum Gasteiger partial charge on any atom is 0.0878 e.